The van der Waals surface area contributed by atoms with Gasteiger partial charge in [0.15, 0.2) is 0 Å². The highest BCUT2D eigenvalue weighted by atomic mass is 19.1. The molecule has 3 aromatic rings. The van der Waals surface area contributed by atoms with Crippen molar-refractivity contribution in [2.24, 2.45) is 0 Å². The molecule has 0 aliphatic rings. The lowest BCUT2D eigenvalue weighted by Crippen LogP contribution is -2.24. The van der Waals surface area contributed by atoms with E-state index < -0.39 is 0 Å². The van der Waals surface area contributed by atoms with E-state index in [2.05, 4.69) is 17.4 Å². The molecule has 3 aromatic carbocycles. The van der Waals surface area contributed by atoms with Crippen molar-refractivity contribution in [2.45, 2.75) is 13.0 Å². The molecule has 0 saturated carbocycles. The van der Waals surface area contributed by atoms with Gasteiger partial charge in [-0.2, -0.15) is 0 Å². The molecule has 0 spiro atoms. The van der Waals surface area contributed by atoms with E-state index in [0.29, 0.717) is 12.1 Å². The first-order chi connectivity index (χ1) is 11.7. The van der Waals surface area contributed by atoms with Crippen LogP contribution in [0.3, 0.4) is 0 Å². The normalized spacial score (nSPS) is 10.4. The molecule has 1 N–H and O–H groups in total. The summed E-state index contributed by atoms with van der Waals surface area (Å²) >= 11 is 0. The Morgan fingerprint density at radius 3 is 2.21 bits per heavy atom. The quantitative estimate of drug-likeness (QED) is 0.744. The van der Waals surface area contributed by atoms with E-state index in [-0.39, 0.29) is 18.1 Å². The second-order valence-corrected chi connectivity index (χ2v) is 5.65. The number of hydrogen-bond donors (Lipinski definition) is 1. The van der Waals surface area contributed by atoms with Crippen molar-refractivity contribution in [1.82, 2.24) is 5.32 Å². The number of carbonyl (C=O) groups is 1. The summed E-state index contributed by atoms with van der Waals surface area (Å²) in [5.74, 6) is -0.440. The minimum atomic E-state index is -0.322. The maximum absolute atomic E-state index is 13.1. The number of halogens is 1. The zero-order chi connectivity index (χ0) is 16.8. The second kappa shape index (κ2) is 7.55. The Kier molecular flexibility index (Phi) is 5.02. The van der Waals surface area contributed by atoms with Crippen LogP contribution in [0.4, 0.5) is 4.39 Å². The molecule has 0 heterocycles. The van der Waals surface area contributed by atoms with Crippen molar-refractivity contribution >= 4 is 5.91 Å². The Morgan fingerprint density at radius 2 is 1.50 bits per heavy atom. The first kappa shape index (κ1) is 15.9. The van der Waals surface area contributed by atoms with Gasteiger partial charge in [-0.15, -0.1) is 0 Å². The number of hydrogen-bond acceptors (Lipinski definition) is 1. The molecule has 3 rings (SSSR count). The van der Waals surface area contributed by atoms with Crippen LogP contribution in [0.1, 0.15) is 11.1 Å². The highest BCUT2D eigenvalue weighted by Crippen LogP contribution is 2.19. The summed E-state index contributed by atoms with van der Waals surface area (Å²) in [7, 11) is 0. The van der Waals surface area contributed by atoms with Crippen LogP contribution in [0.2, 0.25) is 0 Å². The summed E-state index contributed by atoms with van der Waals surface area (Å²) < 4.78 is 13.1. The van der Waals surface area contributed by atoms with Crippen LogP contribution in [-0.4, -0.2) is 5.91 Å². The monoisotopic (exact) mass is 319 g/mol. The van der Waals surface area contributed by atoms with Crippen LogP contribution >= 0.6 is 0 Å². The van der Waals surface area contributed by atoms with Crippen LogP contribution in [0.15, 0.2) is 78.9 Å². The Labute approximate surface area is 141 Å². The van der Waals surface area contributed by atoms with Gasteiger partial charge in [-0.25, -0.2) is 4.39 Å². The molecule has 0 saturated heterocycles. The standard InChI is InChI=1S/C21H18FNO/c22-20-8-4-5-17(13-20)14-21(24)23-15-16-9-11-19(12-10-16)18-6-2-1-3-7-18/h1-13H,14-15H2,(H,23,24). The van der Waals surface area contributed by atoms with Crippen LogP contribution < -0.4 is 5.32 Å². The third-order valence-electron chi connectivity index (χ3n) is 3.80. The SMILES string of the molecule is O=C(Cc1cccc(F)c1)NCc1ccc(-c2ccccc2)cc1. The molecule has 0 fully saturated rings. The highest BCUT2D eigenvalue weighted by Gasteiger charge is 2.04. The van der Waals surface area contributed by atoms with E-state index in [9.17, 15) is 9.18 Å². The molecular weight excluding hydrogens is 301 g/mol. The first-order valence-corrected chi connectivity index (χ1v) is 7.86. The van der Waals surface area contributed by atoms with E-state index in [1.807, 2.05) is 42.5 Å². The molecule has 0 atom stereocenters. The Balaban J connectivity index is 1.56. The number of nitrogens with one attached hydrogen (secondary N) is 1. The third-order valence-corrected chi connectivity index (χ3v) is 3.80. The van der Waals surface area contributed by atoms with E-state index in [1.165, 1.54) is 17.7 Å². The second-order valence-electron chi connectivity index (χ2n) is 5.65. The maximum Gasteiger partial charge on any atom is 0.224 e. The zero-order valence-electron chi connectivity index (χ0n) is 13.2. The molecule has 0 radical (unpaired) electrons. The van der Waals surface area contributed by atoms with Crippen molar-refractivity contribution in [2.75, 3.05) is 0 Å². The van der Waals surface area contributed by atoms with Gasteiger partial charge in [0.2, 0.25) is 5.91 Å². The van der Waals surface area contributed by atoms with Crippen LogP contribution in [0, 0.1) is 5.82 Å². The molecule has 2 nitrogen and oxygen atoms in total. The van der Waals surface area contributed by atoms with E-state index in [4.69, 9.17) is 0 Å². The molecular formula is C21H18FNO. The lowest BCUT2D eigenvalue weighted by atomic mass is 10.0. The minimum Gasteiger partial charge on any atom is -0.352 e. The van der Waals surface area contributed by atoms with Crippen molar-refractivity contribution in [1.29, 1.82) is 0 Å². The zero-order valence-corrected chi connectivity index (χ0v) is 13.2. The Bertz CT molecular complexity index is 813. The summed E-state index contributed by atoms with van der Waals surface area (Å²) in [5.41, 5.74) is 4.01. The lowest BCUT2D eigenvalue weighted by molar-refractivity contribution is -0.120. The molecule has 0 bridgehead atoms. The highest BCUT2D eigenvalue weighted by molar-refractivity contribution is 5.78. The fourth-order valence-electron chi connectivity index (χ4n) is 2.54. The fourth-order valence-corrected chi connectivity index (χ4v) is 2.54. The van der Waals surface area contributed by atoms with Crippen LogP contribution in [-0.2, 0) is 17.8 Å². The number of carbonyl (C=O) groups excluding carboxylic acids is 1. The largest absolute Gasteiger partial charge is 0.352 e. The molecule has 0 aliphatic heterocycles. The summed E-state index contributed by atoms with van der Waals surface area (Å²) in [5, 5.41) is 2.86. The molecule has 24 heavy (non-hydrogen) atoms. The molecule has 0 unspecified atom stereocenters. The van der Waals surface area contributed by atoms with E-state index in [1.54, 1.807) is 12.1 Å². The van der Waals surface area contributed by atoms with Gasteiger partial charge in [0.05, 0.1) is 6.42 Å². The summed E-state index contributed by atoms with van der Waals surface area (Å²) in [4.78, 5) is 12.0. The molecule has 0 aromatic heterocycles. The first-order valence-electron chi connectivity index (χ1n) is 7.86. The summed E-state index contributed by atoms with van der Waals surface area (Å²) in [6.07, 6.45) is 0.180. The van der Waals surface area contributed by atoms with Crippen molar-refractivity contribution in [3.05, 3.63) is 95.8 Å². The Morgan fingerprint density at radius 1 is 0.792 bits per heavy atom. The van der Waals surface area contributed by atoms with Gasteiger partial charge < -0.3 is 5.32 Å². The number of amides is 1. The molecule has 1 amide bonds. The van der Waals surface area contributed by atoms with E-state index >= 15 is 0 Å². The maximum atomic E-state index is 13.1. The van der Waals surface area contributed by atoms with Gasteiger partial charge in [0.1, 0.15) is 5.82 Å². The summed E-state index contributed by atoms with van der Waals surface area (Å²) in [6, 6.07) is 24.4. The van der Waals surface area contributed by atoms with Gasteiger partial charge in [0.25, 0.3) is 0 Å². The van der Waals surface area contributed by atoms with Gasteiger partial charge in [-0.05, 0) is 34.4 Å². The summed E-state index contributed by atoms with van der Waals surface area (Å²) in [6.45, 7) is 0.462. The van der Waals surface area contributed by atoms with Crippen molar-refractivity contribution in [3.63, 3.8) is 0 Å². The molecule has 3 heteroatoms. The lowest BCUT2D eigenvalue weighted by Gasteiger charge is -2.07. The average molecular weight is 319 g/mol. The molecule has 0 aliphatic carbocycles. The van der Waals surface area contributed by atoms with Gasteiger partial charge in [0, 0.05) is 6.54 Å². The van der Waals surface area contributed by atoms with Crippen LogP contribution in [0.25, 0.3) is 11.1 Å². The molecule has 120 valence electrons. The predicted octanol–water partition coefficient (Wildman–Crippen LogP) is 4.35. The van der Waals surface area contributed by atoms with Crippen molar-refractivity contribution < 1.29 is 9.18 Å². The Hall–Kier alpha value is -2.94. The predicted molar refractivity (Wildman–Crippen MR) is 93.8 cm³/mol. The number of rotatable bonds is 5. The van der Waals surface area contributed by atoms with Crippen molar-refractivity contribution in [3.8, 4) is 11.1 Å². The minimum absolute atomic E-state index is 0.118. The number of benzene rings is 3. The topological polar surface area (TPSA) is 29.1 Å². The smallest absolute Gasteiger partial charge is 0.224 e. The van der Waals surface area contributed by atoms with E-state index in [0.717, 1.165) is 11.1 Å². The van der Waals surface area contributed by atoms with Gasteiger partial charge >= 0.3 is 0 Å². The van der Waals surface area contributed by atoms with Crippen LogP contribution in [0.5, 0.6) is 0 Å². The third kappa shape index (κ3) is 4.29. The average Bonchev–Trinajstić information content (AvgIpc) is 2.61. The van der Waals surface area contributed by atoms with Gasteiger partial charge in [-0.1, -0.05) is 66.7 Å². The van der Waals surface area contributed by atoms with Gasteiger partial charge in [-0.3, -0.25) is 4.79 Å². The fraction of sp³-hybridized carbons (Fsp3) is 0.0952.